The number of carboxylic acids is 1. The summed E-state index contributed by atoms with van der Waals surface area (Å²) in [6.07, 6.45) is 3.06. The number of β-lactam (4-membered cyclic amide) rings is 1. The number of hydrogen-bond acceptors (Lipinski definition) is 15. The van der Waals surface area contributed by atoms with Crippen molar-refractivity contribution >= 4 is 63.7 Å². The first kappa shape index (κ1) is 29.2. The van der Waals surface area contributed by atoms with Crippen LogP contribution >= 0.6 is 35.1 Å². The molecule has 2 atom stereocenters. The number of hydrogen-bond donors (Lipinski definition) is 3. The van der Waals surface area contributed by atoms with Gasteiger partial charge in [0.1, 0.15) is 23.7 Å². The van der Waals surface area contributed by atoms with Gasteiger partial charge < -0.3 is 25.9 Å². The summed E-state index contributed by atoms with van der Waals surface area (Å²) in [6, 6.07) is -0.992. The van der Waals surface area contributed by atoms with Gasteiger partial charge >= 0.3 is 5.97 Å². The number of nitrogens with two attached hydrogens (primary N) is 1. The van der Waals surface area contributed by atoms with E-state index in [1.807, 2.05) is 19.0 Å². The van der Waals surface area contributed by atoms with Crippen LogP contribution < -0.4 is 11.1 Å². The smallest absolute Gasteiger partial charge is 0.352 e. The number of aliphatic carboxylic acids is 1. The van der Waals surface area contributed by atoms with Crippen molar-refractivity contribution in [2.24, 2.45) is 5.16 Å². The molecule has 4 N–H and O–H groups in total. The SMILES string of the molecule is C=CCON=C(C(=O)NC1C(=O)N2C(C(=O)O)=C(C=CSc3nnnn3CCN(C)C)CS[C@@H]12)c1nsc(N)n1. The zero-order valence-corrected chi connectivity index (χ0v) is 23.8. The van der Waals surface area contributed by atoms with Gasteiger partial charge in [0.05, 0.1) is 6.54 Å². The minimum atomic E-state index is -1.26. The lowest BCUT2D eigenvalue weighted by Crippen LogP contribution is -2.71. The fourth-order valence-corrected chi connectivity index (χ4v) is 5.98. The molecule has 0 radical (unpaired) electrons. The molecule has 0 aliphatic carbocycles. The molecule has 0 spiro atoms. The van der Waals surface area contributed by atoms with Gasteiger partial charge in [0.15, 0.2) is 5.13 Å². The molecule has 1 saturated heterocycles. The zero-order chi connectivity index (χ0) is 28.8. The first-order valence-electron chi connectivity index (χ1n) is 11.6. The number of amides is 2. The summed E-state index contributed by atoms with van der Waals surface area (Å²) >= 11 is 3.42. The van der Waals surface area contributed by atoms with Gasteiger partial charge in [-0.1, -0.05) is 29.6 Å². The van der Waals surface area contributed by atoms with Crippen LogP contribution in [0.15, 0.2) is 45.7 Å². The molecule has 2 aromatic rings. The number of nitrogens with one attached hydrogen (secondary N) is 1. The van der Waals surface area contributed by atoms with Crippen molar-refractivity contribution in [2.75, 3.05) is 38.7 Å². The Morgan fingerprint density at radius 3 is 2.90 bits per heavy atom. The van der Waals surface area contributed by atoms with E-state index in [4.69, 9.17) is 10.6 Å². The van der Waals surface area contributed by atoms with Gasteiger partial charge in [-0.25, -0.2) is 9.48 Å². The third kappa shape index (κ3) is 6.49. The van der Waals surface area contributed by atoms with E-state index in [9.17, 15) is 19.5 Å². The molecule has 0 aromatic carbocycles. The summed E-state index contributed by atoms with van der Waals surface area (Å²) in [5, 5.41) is 29.7. The fraction of sp³-hybridized carbons (Fsp3) is 0.381. The Kier molecular flexibility index (Phi) is 9.50. The third-order valence-corrected chi connectivity index (χ3v) is 8.02. The average Bonchev–Trinajstić information content (AvgIpc) is 3.56. The van der Waals surface area contributed by atoms with E-state index in [2.05, 4.69) is 41.9 Å². The first-order chi connectivity index (χ1) is 19.2. The summed E-state index contributed by atoms with van der Waals surface area (Å²) in [5.74, 6) is -2.38. The van der Waals surface area contributed by atoms with Crippen molar-refractivity contribution in [3.63, 3.8) is 0 Å². The maximum Gasteiger partial charge on any atom is 0.352 e. The molecule has 4 heterocycles. The molecular formula is C21H25N11O5S3. The Bertz CT molecular complexity index is 1390. The second-order valence-electron chi connectivity index (χ2n) is 8.43. The van der Waals surface area contributed by atoms with Crippen molar-refractivity contribution < 1.29 is 24.3 Å². The molecule has 2 amide bonds. The molecule has 2 aromatic heterocycles. The Morgan fingerprint density at radius 2 is 2.23 bits per heavy atom. The lowest BCUT2D eigenvalue weighted by molar-refractivity contribution is -0.150. The largest absolute Gasteiger partial charge is 0.477 e. The van der Waals surface area contributed by atoms with Gasteiger partial charge in [-0.3, -0.25) is 14.5 Å². The molecular weight excluding hydrogens is 583 g/mol. The molecule has 2 aliphatic rings. The van der Waals surface area contributed by atoms with E-state index in [1.165, 1.54) is 29.6 Å². The second kappa shape index (κ2) is 13.0. The van der Waals surface area contributed by atoms with Crippen molar-refractivity contribution in [3.05, 3.63) is 41.2 Å². The van der Waals surface area contributed by atoms with Crippen LogP contribution in [0.1, 0.15) is 5.82 Å². The first-order valence-corrected chi connectivity index (χ1v) is 14.3. The predicted molar refractivity (Wildman–Crippen MR) is 148 cm³/mol. The van der Waals surface area contributed by atoms with E-state index in [0.717, 1.165) is 23.0 Å². The van der Waals surface area contributed by atoms with Gasteiger partial charge in [-0.05, 0) is 41.6 Å². The topological polar surface area (TPSA) is 207 Å². The van der Waals surface area contributed by atoms with E-state index >= 15 is 0 Å². The average molecular weight is 608 g/mol. The number of aromatic nitrogens is 6. The molecule has 16 nitrogen and oxygen atoms in total. The molecule has 40 heavy (non-hydrogen) atoms. The fourth-order valence-electron chi connectivity index (χ4n) is 3.54. The minimum absolute atomic E-state index is 0.0252. The summed E-state index contributed by atoms with van der Waals surface area (Å²) in [5.41, 5.74) is 5.64. The molecule has 1 fully saturated rings. The van der Waals surface area contributed by atoms with Gasteiger partial charge in [0, 0.05) is 23.8 Å². The maximum absolute atomic E-state index is 13.1. The lowest BCUT2D eigenvalue weighted by atomic mass is 10.0. The molecule has 212 valence electrons. The van der Waals surface area contributed by atoms with E-state index in [-0.39, 0.29) is 29.0 Å². The number of anilines is 1. The molecule has 19 heteroatoms. The van der Waals surface area contributed by atoms with Crippen LogP contribution in [0.25, 0.3) is 0 Å². The van der Waals surface area contributed by atoms with Crippen molar-refractivity contribution in [3.8, 4) is 0 Å². The van der Waals surface area contributed by atoms with Gasteiger partial charge in [-0.2, -0.15) is 9.36 Å². The number of carboxylic acid groups (broad SMARTS) is 1. The van der Waals surface area contributed by atoms with Crippen molar-refractivity contribution in [2.45, 2.75) is 23.1 Å². The highest BCUT2D eigenvalue weighted by Gasteiger charge is 2.54. The highest BCUT2D eigenvalue weighted by molar-refractivity contribution is 8.02. The summed E-state index contributed by atoms with van der Waals surface area (Å²) in [6.45, 7) is 4.87. The maximum atomic E-state index is 13.1. The van der Waals surface area contributed by atoms with Crippen LogP contribution in [0.3, 0.4) is 0 Å². The zero-order valence-electron chi connectivity index (χ0n) is 21.3. The van der Waals surface area contributed by atoms with Crippen LogP contribution in [0, 0.1) is 0 Å². The van der Waals surface area contributed by atoms with E-state index in [1.54, 1.807) is 16.2 Å². The third-order valence-electron chi connectivity index (χ3n) is 5.40. The summed E-state index contributed by atoms with van der Waals surface area (Å²) in [4.78, 5) is 50.4. The number of nitrogen functional groups attached to an aromatic ring is 1. The monoisotopic (exact) mass is 607 g/mol. The molecule has 0 saturated carbocycles. The molecule has 4 rings (SSSR count). The van der Waals surface area contributed by atoms with Crippen LogP contribution in [0.4, 0.5) is 5.13 Å². The number of oxime groups is 1. The number of nitrogens with zero attached hydrogens (tertiary/aromatic N) is 9. The number of rotatable bonds is 13. The molecule has 2 aliphatic heterocycles. The number of allylic oxidation sites excluding steroid dienone is 1. The van der Waals surface area contributed by atoms with E-state index in [0.29, 0.717) is 23.0 Å². The lowest BCUT2D eigenvalue weighted by Gasteiger charge is -2.49. The Balaban J connectivity index is 1.46. The number of fused-ring (bicyclic) bond motifs is 1. The summed E-state index contributed by atoms with van der Waals surface area (Å²) in [7, 11) is 3.88. The van der Waals surface area contributed by atoms with Crippen LogP contribution in [-0.2, 0) is 25.8 Å². The summed E-state index contributed by atoms with van der Waals surface area (Å²) < 4.78 is 5.63. The van der Waals surface area contributed by atoms with Crippen LogP contribution in [-0.4, -0.2) is 112 Å². The highest BCUT2D eigenvalue weighted by atomic mass is 32.2. The van der Waals surface area contributed by atoms with Gasteiger partial charge in [0.2, 0.25) is 16.7 Å². The highest BCUT2D eigenvalue weighted by Crippen LogP contribution is 2.41. The Labute approximate surface area is 240 Å². The Morgan fingerprint density at radius 1 is 1.43 bits per heavy atom. The second-order valence-corrected chi connectivity index (χ2v) is 11.2. The van der Waals surface area contributed by atoms with Gasteiger partial charge in [0.25, 0.3) is 11.8 Å². The normalized spacial score (nSPS) is 19.1. The Hall–Kier alpha value is -3.81. The van der Waals surface area contributed by atoms with Crippen LogP contribution in [0.5, 0.6) is 0 Å². The van der Waals surface area contributed by atoms with E-state index < -0.39 is 29.2 Å². The van der Waals surface area contributed by atoms with Crippen LogP contribution in [0.2, 0.25) is 0 Å². The van der Waals surface area contributed by atoms with Gasteiger partial charge in [-0.15, -0.1) is 16.9 Å². The number of likely N-dealkylation sites (N-methyl/N-ethyl adjacent to an activating group) is 1. The molecule has 0 bridgehead atoms. The molecule has 1 unspecified atom stereocenters. The predicted octanol–water partition coefficient (Wildman–Crippen LogP) is -0.380. The van der Waals surface area contributed by atoms with Crippen molar-refractivity contribution in [1.29, 1.82) is 0 Å². The van der Waals surface area contributed by atoms with Crippen molar-refractivity contribution in [1.82, 2.24) is 44.7 Å². The number of tetrazole rings is 1. The minimum Gasteiger partial charge on any atom is -0.477 e. The quantitative estimate of drug-likeness (QED) is 0.0663. The number of carbonyl (C=O) groups is 3. The number of carbonyl (C=O) groups excluding carboxylic acids is 2. The number of thioether (sulfide) groups is 2. The standard InChI is InChI=1S/C21H25N11O5S3/c1-4-8-37-26-12(15-24-20(22)40-27-15)16(33)23-13-17(34)32-14(19(35)36)11(10-39-18(13)32)5-9-38-21-25-28-29-31(21)7-6-30(2)3/h4-5,9,13,18H,1,6-8,10H2,2-3H3,(H,23,33)(H,35,36)(H2,22,24,27)/t13?,18-/m0/s1.